The molecule has 1 aliphatic carbocycles. The number of hydrogen-bond donors (Lipinski definition) is 1. The van der Waals surface area contributed by atoms with Crippen LogP contribution in [0.25, 0.3) is 0 Å². The quantitative estimate of drug-likeness (QED) is 0.795. The molecule has 3 heteroatoms. The summed E-state index contributed by atoms with van der Waals surface area (Å²) in [5.41, 5.74) is 2.32. The molecule has 0 spiro atoms. The summed E-state index contributed by atoms with van der Waals surface area (Å²) in [5.74, 6) is 0.835. The molecular formula is C18H29NO2. The minimum atomic E-state index is -0.385. The van der Waals surface area contributed by atoms with Gasteiger partial charge in [0.05, 0.1) is 13.2 Å². The standard InChI is InChI=1S/C18H29NO2/c1-4-6-10-19(11-7-5-2)17-12-14-8-9-15(21-3)13-16(14)18(17)20/h8-9,13,17-18,20H,4-7,10-12H2,1-3H3. The SMILES string of the molecule is CCCCN(CCCC)C1Cc2ccc(OC)cc2C1O. The predicted octanol–water partition coefficient (Wildman–Crippen LogP) is 3.56. The van der Waals surface area contributed by atoms with Crippen molar-refractivity contribution in [3.05, 3.63) is 29.3 Å². The first-order chi connectivity index (χ1) is 10.2. The lowest BCUT2D eigenvalue weighted by atomic mass is 10.1. The molecule has 0 heterocycles. The number of ether oxygens (including phenoxy) is 1. The smallest absolute Gasteiger partial charge is 0.119 e. The van der Waals surface area contributed by atoms with Crippen LogP contribution in [0.4, 0.5) is 0 Å². The summed E-state index contributed by atoms with van der Waals surface area (Å²) < 4.78 is 5.29. The fraction of sp³-hybridized carbons (Fsp3) is 0.667. The van der Waals surface area contributed by atoms with Gasteiger partial charge in [0.15, 0.2) is 0 Å². The molecule has 0 saturated heterocycles. The van der Waals surface area contributed by atoms with Gasteiger partial charge < -0.3 is 9.84 Å². The molecule has 0 saturated carbocycles. The highest BCUT2D eigenvalue weighted by molar-refractivity contribution is 5.41. The van der Waals surface area contributed by atoms with E-state index in [2.05, 4.69) is 24.8 Å². The van der Waals surface area contributed by atoms with Crippen LogP contribution in [0, 0.1) is 0 Å². The Labute approximate surface area is 128 Å². The third-order valence-corrected chi connectivity index (χ3v) is 4.53. The van der Waals surface area contributed by atoms with Crippen molar-refractivity contribution in [1.29, 1.82) is 0 Å². The summed E-state index contributed by atoms with van der Waals surface area (Å²) in [6.07, 6.45) is 5.37. The third-order valence-electron chi connectivity index (χ3n) is 4.53. The van der Waals surface area contributed by atoms with Gasteiger partial charge in [0.25, 0.3) is 0 Å². The van der Waals surface area contributed by atoms with E-state index < -0.39 is 0 Å². The Hall–Kier alpha value is -1.06. The van der Waals surface area contributed by atoms with Crippen LogP contribution >= 0.6 is 0 Å². The van der Waals surface area contributed by atoms with Crippen LogP contribution in [0.5, 0.6) is 5.75 Å². The number of nitrogens with zero attached hydrogens (tertiary/aromatic N) is 1. The highest BCUT2D eigenvalue weighted by atomic mass is 16.5. The zero-order valence-corrected chi connectivity index (χ0v) is 13.6. The first kappa shape index (κ1) is 16.3. The minimum Gasteiger partial charge on any atom is -0.497 e. The van der Waals surface area contributed by atoms with Gasteiger partial charge in [0.2, 0.25) is 0 Å². The van der Waals surface area contributed by atoms with Crippen LogP contribution < -0.4 is 4.74 Å². The van der Waals surface area contributed by atoms with E-state index >= 15 is 0 Å². The van der Waals surface area contributed by atoms with Crippen LogP contribution in [-0.4, -0.2) is 36.2 Å². The molecule has 2 unspecified atom stereocenters. The Morgan fingerprint density at radius 1 is 1.19 bits per heavy atom. The minimum absolute atomic E-state index is 0.227. The molecule has 0 aliphatic heterocycles. The van der Waals surface area contributed by atoms with Gasteiger partial charge in [-0.05, 0) is 55.6 Å². The number of aliphatic hydroxyl groups excluding tert-OH is 1. The zero-order chi connectivity index (χ0) is 15.2. The van der Waals surface area contributed by atoms with Crippen LogP contribution in [0.2, 0.25) is 0 Å². The maximum Gasteiger partial charge on any atom is 0.119 e. The highest BCUT2D eigenvalue weighted by Crippen LogP contribution is 2.36. The second-order valence-electron chi connectivity index (χ2n) is 6.02. The number of benzene rings is 1. The number of fused-ring (bicyclic) bond motifs is 1. The Kier molecular flexibility index (Phi) is 6.07. The molecule has 0 radical (unpaired) electrons. The van der Waals surface area contributed by atoms with Crippen LogP contribution in [0.15, 0.2) is 18.2 Å². The van der Waals surface area contributed by atoms with E-state index in [-0.39, 0.29) is 12.1 Å². The van der Waals surface area contributed by atoms with Crippen molar-refractivity contribution in [2.24, 2.45) is 0 Å². The summed E-state index contributed by atoms with van der Waals surface area (Å²) in [5, 5.41) is 10.7. The lowest BCUT2D eigenvalue weighted by Gasteiger charge is -2.31. The summed E-state index contributed by atoms with van der Waals surface area (Å²) in [7, 11) is 1.68. The van der Waals surface area contributed by atoms with Gasteiger partial charge >= 0.3 is 0 Å². The van der Waals surface area contributed by atoms with Crippen LogP contribution in [-0.2, 0) is 6.42 Å². The van der Waals surface area contributed by atoms with Crippen molar-refractivity contribution in [3.8, 4) is 5.75 Å². The summed E-state index contributed by atoms with van der Waals surface area (Å²) in [6.45, 7) is 6.62. The van der Waals surface area contributed by atoms with E-state index in [9.17, 15) is 5.11 Å². The molecule has 1 N–H and O–H groups in total. The van der Waals surface area contributed by atoms with Gasteiger partial charge in [-0.1, -0.05) is 32.8 Å². The first-order valence-corrected chi connectivity index (χ1v) is 8.30. The predicted molar refractivity (Wildman–Crippen MR) is 86.8 cm³/mol. The Morgan fingerprint density at radius 2 is 1.86 bits per heavy atom. The van der Waals surface area contributed by atoms with Gasteiger partial charge in [-0.15, -0.1) is 0 Å². The number of methoxy groups -OCH3 is 1. The van der Waals surface area contributed by atoms with Crippen molar-refractivity contribution in [2.45, 2.75) is 58.1 Å². The molecule has 1 aliphatic rings. The topological polar surface area (TPSA) is 32.7 Å². The van der Waals surface area contributed by atoms with Gasteiger partial charge in [-0.25, -0.2) is 0 Å². The van der Waals surface area contributed by atoms with Crippen molar-refractivity contribution in [1.82, 2.24) is 4.90 Å². The zero-order valence-electron chi connectivity index (χ0n) is 13.6. The van der Waals surface area contributed by atoms with E-state index in [1.165, 1.54) is 31.2 Å². The summed E-state index contributed by atoms with van der Waals surface area (Å²) >= 11 is 0. The molecular weight excluding hydrogens is 262 g/mol. The fourth-order valence-corrected chi connectivity index (χ4v) is 3.20. The van der Waals surface area contributed by atoms with Crippen molar-refractivity contribution in [3.63, 3.8) is 0 Å². The number of unbranched alkanes of at least 4 members (excludes halogenated alkanes) is 2. The lowest BCUT2D eigenvalue weighted by Crippen LogP contribution is -2.39. The molecule has 2 rings (SSSR count). The van der Waals surface area contributed by atoms with Crippen molar-refractivity contribution < 1.29 is 9.84 Å². The van der Waals surface area contributed by atoms with Gasteiger partial charge in [0.1, 0.15) is 5.75 Å². The highest BCUT2D eigenvalue weighted by Gasteiger charge is 2.34. The first-order valence-electron chi connectivity index (χ1n) is 8.30. The van der Waals surface area contributed by atoms with E-state index in [0.29, 0.717) is 0 Å². The molecule has 1 aromatic rings. The Bertz CT molecular complexity index is 439. The van der Waals surface area contributed by atoms with E-state index in [1.807, 2.05) is 12.1 Å². The van der Waals surface area contributed by atoms with Crippen molar-refractivity contribution in [2.75, 3.05) is 20.2 Å². The normalized spacial score (nSPS) is 20.8. The van der Waals surface area contributed by atoms with Gasteiger partial charge in [0, 0.05) is 6.04 Å². The molecule has 2 atom stereocenters. The summed E-state index contributed by atoms with van der Waals surface area (Å²) in [6, 6.07) is 6.33. The number of hydrogen-bond acceptors (Lipinski definition) is 3. The maximum atomic E-state index is 10.7. The largest absolute Gasteiger partial charge is 0.497 e. The van der Waals surface area contributed by atoms with E-state index in [1.54, 1.807) is 7.11 Å². The van der Waals surface area contributed by atoms with Crippen molar-refractivity contribution >= 4 is 0 Å². The molecule has 1 aromatic carbocycles. The number of aliphatic hydroxyl groups is 1. The Morgan fingerprint density at radius 3 is 2.43 bits per heavy atom. The summed E-state index contributed by atoms with van der Waals surface area (Å²) in [4.78, 5) is 2.49. The Balaban J connectivity index is 2.12. The van der Waals surface area contributed by atoms with E-state index in [4.69, 9.17) is 4.74 Å². The second kappa shape index (κ2) is 7.81. The molecule has 0 fully saturated rings. The lowest BCUT2D eigenvalue weighted by molar-refractivity contribution is 0.0586. The van der Waals surface area contributed by atoms with E-state index in [0.717, 1.165) is 30.8 Å². The average molecular weight is 291 g/mol. The second-order valence-corrected chi connectivity index (χ2v) is 6.02. The molecule has 21 heavy (non-hydrogen) atoms. The molecule has 118 valence electrons. The molecule has 0 amide bonds. The monoisotopic (exact) mass is 291 g/mol. The van der Waals surface area contributed by atoms with Crippen LogP contribution in [0.3, 0.4) is 0 Å². The maximum absolute atomic E-state index is 10.7. The number of rotatable bonds is 8. The third kappa shape index (κ3) is 3.78. The van der Waals surface area contributed by atoms with Crippen LogP contribution in [0.1, 0.15) is 56.8 Å². The van der Waals surface area contributed by atoms with Gasteiger partial charge in [-0.3, -0.25) is 4.90 Å². The fourth-order valence-electron chi connectivity index (χ4n) is 3.20. The van der Waals surface area contributed by atoms with Gasteiger partial charge in [-0.2, -0.15) is 0 Å². The molecule has 0 aromatic heterocycles. The molecule has 3 nitrogen and oxygen atoms in total. The average Bonchev–Trinajstić information content (AvgIpc) is 2.84. The molecule has 0 bridgehead atoms.